The molecule has 1 heterocycles. The number of nitrogens with zero attached hydrogens (tertiary/aromatic N) is 1. The second kappa shape index (κ2) is 7.54. The average molecular weight is 373 g/mol. The lowest BCUT2D eigenvalue weighted by Crippen LogP contribution is -2.45. The van der Waals surface area contributed by atoms with Crippen LogP contribution in [-0.2, 0) is 24.3 Å². The van der Waals surface area contributed by atoms with Crippen molar-refractivity contribution in [3.8, 4) is 0 Å². The topological polar surface area (TPSA) is 40.5 Å². The highest BCUT2D eigenvalue weighted by Crippen LogP contribution is 2.28. The van der Waals surface area contributed by atoms with Crippen molar-refractivity contribution in [3.05, 3.63) is 69.2 Å². The van der Waals surface area contributed by atoms with Gasteiger partial charge in [-0.2, -0.15) is 0 Å². The molecule has 1 aliphatic rings. The van der Waals surface area contributed by atoms with Gasteiger partial charge in [0.2, 0.25) is 0 Å². The largest absolute Gasteiger partial charge is 0.480 e. The first-order valence-electron chi connectivity index (χ1n) is 7.01. The van der Waals surface area contributed by atoms with E-state index in [1.54, 1.807) is 0 Å². The van der Waals surface area contributed by atoms with Gasteiger partial charge < -0.3 is 5.11 Å². The van der Waals surface area contributed by atoms with Gasteiger partial charge >= 0.3 is 5.97 Å². The van der Waals surface area contributed by atoms with Crippen LogP contribution in [0.1, 0.15) is 16.7 Å². The van der Waals surface area contributed by atoms with Gasteiger partial charge in [0, 0.05) is 23.1 Å². The van der Waals surface area contributed by atoms with Crippen molar-refractivity contribution in [2.45, 2.75) is 25.6 Å². The summed E-state index contributed by atoms with van der Waals surface area (Å²) in [6.07, 6.45) is 0.488. The van der Waals surface area contributed by atoms with Gasteiger partial charge in [-0.3, -0.25) is 9.69 Å². The lowest BCUT2D eigenvalue weighted by molar-refractivity contribution is -0.144. The zero-order chi connectivity index (χ0) is 15.7. The molecular formula is C17H16Cl3NO2. The van der Waals surface area contributed by atoms with E-state index in [0.29, 0.717) is 29.6 Å². The molecule has 0 fully saturated rings. The van der Waals surface area contributed by atoms with Crippen LogP contribution in [-0.4, -0.2) is 22.0 Å². The molecule has 3 nitrogen and oxygen atoms in total. The molecule has 1 unspecified atom stereocenters. The number of carboxylic acids is 1. The van der Waals surface area contributed by atoms with E-state index >= 15 is 0 Å². The summed E-state index contributed by atoms with van der Waals surface area (Å²) in [6.45, 7) is 1.11. The molecule has 0 spiro atoms. The Morgan fingerprint density at radius 1 is 1.13 bits per heavy atom. The molecule has 3 rings (SSSR count). The van der Waals surface area contributed by atoms with Gasteiger partial charge in [-0.1, -0.05) is 41.4 Å². The number of carboxylic acid groups (broad SMARTS) is 1. The number of rotatable bonds is 3. The molecule has 6 heteroatoms. The molecule has 2 aromatic rings. The van der Waals surface area contributed by atoms with Gasteiger partial charge in [-0.15, -0.1) is 12.4 Å². The van der Waals surface area contributed by atoms with Crippen LogP contribution in [0.15, 0.2) is 42.5 Å². The predicted molar refractivity (Wildman–Crippen MR) is 94.5 cm³/mol. The van der Waals surface area contributed by atoms with E-state index in [9.17, 15) is 9.90 Å². The molecule has 0 aromatic heterocycles. The number of carbonyl (C=O) groups is 1. The van der Waals surface area contributed by atoms with Crippen molar-refractivity contribution in [2.24, 2.45) is 0 Å². The number of hydrogen-bond donors (Lipinski definition) is 1. The maximum atomic E-state index is 11.6. The molecule has 0 amide bonds. The zero-order valence-electron chi connectivity index (χ0n) is 12.2. The first kappa shape index (κ1) is 18.1. The van der Waals surface area contributed by atoms with E-state index in [0.717, 1.165) is 16.7 Å². The molecule has 0 bridgehead atoms. The van der Waals surface area contributed by atoms with Gasteiger partial charge in [0.15, 0.2) is 0 Å². The number of halogens is 3. The maximum Gasteiger partial charge on any atom is 0.321 e. The number of benzene rings is 2. The summed E-state index contributed by atoms with van der Waals surface area (Å²) in [4.78, 5) is 13.6. The van der Waals surface area contributed by atoms with E-state index < -0.39 is 12.0 Å². The Labute approximate surface area is 151 Å². The SMILES string of the molecule is Cl.O=C(O)C1Cc2ccc(Cl)cc2CN1Cc1cccc(Cl)c1. The lowest BCUT2D eigenvalue weighted by atomic mass is 9.93. The van der Waals surface area contributed by atoms with Crippen molar-refractivity contribution in [1.82, 2.24) is 4.90 Å². The molecule has 2 aromatic carbocycles. The van der Waals surface area contributed by atoms with Crippen LogP contribution in [0.3, 0.4) is 0 Å². The third kappa shape index (κ3) is 4.18. The minimum absolute atomic E-state index is 0. The van der Waals surface area contributed by atoms with Gasteiger partial charge in [0.25, 0.3) is 0 Å². The normalized spacial score (nSPS) is 17.2. The summed E-state index contributed by atoms with van der Waals surface area (Å²) < 4.78 is 0. The minimum Gasteiger partial charge on any atom is -0.480 e. The lowest BCUT2D eigenvalue weighted by Gasteiger charge is -2.34. The summed E-state index contributed by atoms with van der Waals surface area (Å²) in [5, 5.41) is 10.9. The van der Waals surface area contributed by atoms with Gasteiger partial charge in [-0.05, 0) is 47.4 Å². The Balaban J connectivity index is 0.00000192. The fourth-order valence-electron chi connectivity index (χ4n) is 2.89. The first-order valence-corrected chi connectivity index (χ1v) is 7.77. The molecule has 1 atom stereocenters. The fraction of sp³-hybridized carbons (Fsp3) is 0.235. The predicted octanol–water partition coefficient (Wildman–Crippen LogP) is 4.43. The van der Waals surface area contributed by atoms with Crippen molar-refractivity contribution >= 4 is 41.6 Å². The van der Waals surface area contributed by atoms with E-state index in [4.69, 9.17) is 23.2 Å². The maximum absolute atomic E-state index is 11.6. The van der Waals surface area contributed by atoms with Crippen molar-refractivity contribution in [1.29, 1.82) is 0 Å². The van der Waals surface area contributed by atoms with Gasteiger partial charge in [0.05, 0.1) is 0 Å². The summed E-state index contributed by atoms with van der Waals surface area (Å²) in [6, 6.07) is 12.6. The fourth-order valence-corrected chi connectivity index (χ4v) is 3.29. The van der Waals surface area contributed by atoms with E-state index in [-0.39, 0.29) is 12.4 Å². The summed E-state index contributed by atoms with van der Waals surface area (Å²) in [5.41, 5.74) is 3.15. The third-order valence-electron chi connectivity index (χ3n) is 3.96. The third-order valence-corrected chi connectivity index (χ3v) is 4.43. The van der Waals surface area contributed by atoms with Crippen LogP contribution in [0.4, 0.5) is 0 Å². The summed E-state index contributed by atoms with van der Waals surface area (Å²) in [7, 11) is 0. The first-order chi connectivity index (χ1) is 10.5. The minimum atomic E-state index is -0.803. The van der Waals surface area contributed by atoms with Crippen LogP contribution in [0.2, 0.25) is 10.0 Å². The van der Waals surface area contributed by atoms with Crippen LogP contribution in [0, 0.1) is 0 Å². The van der Waals surface area contributed by atoms with Crippen LogP contribution < -0.4 is 0 Å². The quantitative estimate of drug-likeness (QED) is 0.866. The number of fused-ring (bicyclic) bond motifs is 1. The highest BCUT2D eigenvalue weighted by atomic mass is 35.5. The average Bonchev–Trinajstić information content (AvgIpc) is 2.46. The van der Waals surface area contributed by atoms with Crippen LogP contribution >= 0.6 is 35.6 Å². The molecule has 1 aliphatic heterocycles. The Morgan fingerprint density at radius 3 is 2.57 bits per heavy atom. The van der Waals surface area contributed by atoms with E-state index in [1.165, 1.54) is 0 Å². The molecule has 0 aliphatic carbocycles. The Bertz CT molecular complexity index is 721. The molecule has 0 radical (unpaired) electrons. The van der Waals surface area contributed by atoms with Gasteiger partial charge in [-0.25, -0.2) is 0 Å². The van der Waals surface area contributed by atoms with E-state index in [2.05, 4.69) is 0 Å². The van der Waals surface area contributed by atoms with Crippen molar-refractivity contribution in [2.75, 3.05) is 0 Å². The van der Waals surface area contributed by atoms with Crippen molar-refractivity contribution < 1.29 is 9.90 Å². The molecule has 122 valence electrons. The highest BCUT2D eigenvalue weighted by molar-refractivity contribution is 6.30. The van der Waals surface area contributed by atoms with Crippen LogP contribution in [0.25, 0.3) is 0 Å². The second-order valence-corrected chi connectivity index (χ2v) is 6.38. The summed E-state index contributed by atoms with van der Waals surface area (Å²) in [5.74, 6) is -0.803. The van der Waals surface area contributed by atoms with Crippen LogP contribution in [0.5, 0.6) is 0 Å². The number of aliphatic carboxylic acids is 1. The molecule has 23 heavy (non-hydrogen) atoms. The molecule has 0 saturated carbocycles. The highest BCUT2D eigenvalue weighted by Gasteiger charge is 2.31. The molecular weight excluding hydrogens is 357 g/mol. The standard InChI is InChI=1S/C17H15Cl2NO2.ClH/c18-14-3-1-2-11(6-14)9-20-10-13-7-15(19)5-4-12(13)8-16(20)17(21)22;/h1-7,16H,8-10H2,(H,21,22);1H. The Kier molecular flexibility index (Phi) is 5.93. The zero-order valence-corrected chi connectivity index (χ0v) is 14.5. The Morgan fingerprint density at radius 2 is 1.87 bits per heavy atom. The van der Waals surface area contributed by atoms with E-state index in [1.807, 2.05) is 47.4 Å². The number of hydrogen-bond acceptors (Lipinski definition) is 2. The monoisotopic (exact) mass is 371 g/mol. The second-order valence-electron chi connectivity index (χ2n) is 5.51. The van der Waals surface area contributed by atoms with Crippen molar-refractivity contribution in [3.63, 3.8) is 0 Å². The molecule has 1 N–H and O–H groups in total. The summed E-state index contributed by atoms with van der Waals surface area (Å²) >= 11 is 12.1. The van der Waals surface area contributed by atoms with Gasteiger partial charge in [0.1, 0.15) is 6.04 Å². The molecule has 0 saturated heterocycles. The smallest absolute Gasteiger partial charge is 0.321 e. The Hall–Kier alpha value is -1.26.